The van der Waals surface area contributed by atoms with Gasteiger partial charge >= 0.3 is 0 Å². The molecule has 0 saturated heterocycles. The Labute approximate surface area is 74.5 Å². The number of fused-ring (bicyclic) bond motifs is 1. The van der Waals surface area contributed by atoms with E-state index in [4.69, 9.17) is 11.5 Å². The van der Waals surface area contributed by atoms with Crippen LogP contribution in [-0.2, 0) is 6.42 Å². The number of nitrogen functional groups attached to an aromatic ring is 1. The Morgan fingerprint density at radius 3 is 2.69 bits per heavy atom. The molecule has 0 fully saturated rings. The largest absolute Gasteiger partial charge is 0.396 e. The summed E-state index contributed by atoms with van der Waals surface area (Å²) in [5.41, 5.74) is 12.1. The maximum Gasteiger partial charge on any atom is 0.149 e. The molecule has 0 heterocycles. The van der Waals surface area contributed by atoms with E-state index in [1.807, 2.05) is 0 Å². The second kappa shape index (κ2) is 2.67. The zero-order valence-electron chi connectivity index (χ0n) is 6.98. The summed E-state index contributed by atoms with van der Waals surface area (Å²) < 4.78 is 26.1. The Kier molecular flexibility index (Phi) is 1.73. The Hall–Kier alpha value is -1.16. The van der Waals surface area contributed by atoms with Gasteiger partial charge in [0.1, 0.15) is 11.6 Å². The van der Waals surface area contributed by atoms with Crippen LogP contribution in [0.5, 0.6) is 0 Å². The van der Waals surface area contributed by atoms with Crippen LogP contribution in [0.3, 0.4) is 0 Å². The van der Waals surface area contributed by atoms with Gasteiger partial charge in [-0.25, -0.2) is 8.78 Å². The number of benzene rings is 1. The van der Waals surface area contributed by atoms with Crippen LogP contribution in [0.15, 0.2) is 6.07 Å². The first-order valence-corrected chi connectivity index (χ1v) is 4.13. The van der Waals surface area contributed by atoms with Crippen molar-refractivity contribution in [1.82, 2.24) is 0 Å². The number of halogens is 2. The SMILES string of the molecule is Nc1c(F)cc(F)c2c1[C@@H](N)CC2. The van der Waals surface area contributed by atoms with Gasteiger partial charge in [-0.2, -0.15) is 0 Å². The second-order valence-corrected chi connectivity index (χ2v) is 3.29. The van der Waals surface area contributed by atoms with E-state index in [1.54, 1.807) is 0 Å². The van der Waals surface area contributed by atoms with Crippen LogP contribution in [-0.4, -0.2) is 0 Å². The molecule has 0 radical (unpaired) electrons. The highest BCUT2D eigenvalue weighted by Crippen LogP contribution is 2.36. The quantitative estimate of drug-likeness (QED) is 0.600. The molecule has 0 saturated carbocycles. The summed E-state index contributed by atoms with van der Waals surface area (Å²) in [5, 5.41) is 0. The molecule has 0 unspecified atom stereocenters. The second-order valence-electron chi connectivity index (χ2n) is 3.29. The lowest BCUT2D eigenvalue weighted by molar-refractivity contribution is 0.576. The maximum atomic E-state index is 13.2. The number of rotatable bonds is 0. The molecule has 1 aliphatic carbocycles. The number of anilines is 1. The molecule has 70 valence electrons. The van der Waals surface area contributed by atoms with Crippen LogP contribution in [0, 0.1) is 11.6 Å². The number of hydrogen-bond acceptors (Lipinski definition) is 2. The van der Waals surface area contributed by atoms with Crippen LogP contribution >= 0.6 is 0 Å². The van der Waals surface area contributed by atoms with E-state index in [1.165, 1.54) is 0 Å². The molecular weight excluding hydrogens is 174 g/mol. The Morgan fingerprint density at radius 2 is 2.00 bits per heavy atom. The van der Waals surface area contributed by atoms with Gasteiger partial charge in [-0.05, 0) is 18.4 Å². The van der Waals surface area contributed by atoms with Gasteiger partial charge in [0.05, 0.1) is 5.69 Å². The third kappa shape index (κ3) is 1.09. The molecule has 2 rings (SSSR count). The van der Waals surface area contributed by atoms with Crippen molar-refractivity contribution in [2.24, 2.45) is 5.73 Å². The molecule has 0 aliphatic heterocycles. The lowest BCUT2D eigenvalue weighted by atomic mass is 10.1. The topological polar surface area (TPSA) is 52.0 Å². The molecule has 2 nitrogen and oxygen atoms in total. The summed E-state index contributed by atoms with van der Waals surface area (Å²) in [4.78, 5) is 0. The van der Waals surface area contributed by atoms with Gasteiger partial charge in [0, 0.05) is 17.7 Å². The fourth-order valence-electron chi connectivity index (χ4n) is 1.82. The summed E-state index contributed by atoms with van der Waals surface area (Å²) in [6, 6.07) is 0.506. The summed E-state index contributed by atoms with van der Waals surface area (Å²) in [6.07, 6.45) is 1.19. The molecule has 0 spiro atoms. The van der Waals surface area contributed by atoms with E-state index in [9.17, 15) is 8.78 Å². The van der Waals surface area contributed by atoms with E-state index in [2.05, 4.69) is 0 Å². The van der Waals surface area contributed by atoms with Gasteiger partial charge < -0.3 is 11.5 Å². The van der Waals surface area contributed by atoms with Crippen molar-refractivity contribution in [1.29, 1.82) is 0 Å². The average molecular weight is 184 g/mol. The van der Waals surface area contributed by atoms with Crippen molar-refractivity contribution in [3.8, 4) is 0 Å². The molecule has 1 aliphatic rings. The Bertz CT molecular complexity index is 363. The number of nitrogens with two attached hydrogens (primary N) is 2. The Balaban J connectivity index is 2.70. The fourth-order valence-corrected chi connectivity index (χ4v) is 1.82. The monoisotopic (exact) mass is 184 g/mol. The van der Waals surface area contributed by atoms with E-state index in [0.29, 0.717) is 24.0 Å². The highest BCUT2D eigenvalue weighted by atomic mass is 19.1. The van der Waals surface area contributed by atoms with E-state index >= 15 is 0 Å². The highest BCUT2D eigenvalue weighted by molar-refractivity contribution is 5.56. The van der Waals surface area contributed by atoms with Crippen molar-refractivity contribution in [2.45, 2.75) is 18.9 Å². The first kappa shape index (κ1) is 8.44. The van der Waals surface area contributed by atoms with E-state index in [-0.39, 0.29) is 11.7 Å². The van der Waals surface area contributed by atoms with Crippen LogP contribution in [0.25, 0.3) is 0 Å². The smallest absolute Gasteiger partial charge is 0.149 e. The first-order chi connectivity index (χ1) is 6.11. The molecule has 4 heteroatoms. The zero-order chi connectivity index (χ0) is 9.59. The normalized spacial score (nSPS) is 20.4. The summed E-state index contributed by atoms with van der Waals surface area (Å²) >= 11 is 0. The molecule has 13 heavy (non-hydrogen) atoms. The maximum absolute atomic E-state index is 13.2. The van der Waals surface area contributed by atoms with Crippen LogP contribution in [0.2, 0.25) is 0 Å². The first-order valence-electron chi connectivity index (χ1n) is 4.13. The molecule has 0 bridgehead atoms. The van der Waals surface area contributed by atoms with Crippen molar-refractivity contribution in [2.75, 3.05) is 5.73 Å². The summed E-state index contributed by atoms with van der Waals surface area (Å²) in [5.74, 6) is -1.25. The van der Waals surface area contributed by atoms with Crippen LogP contribution < -0.4 is 11.5 Å². The zero-order valence-corrected chi connectivity index (χ0v) is 6.98. The minimum absolute atomic E-state index is 0.00130. The van der Waals surface area contributed by atoms with Gasteiger partial charge in [0.25, 0.3) is 0 Å². The molecule has 1 atom stereocenters. The number of hydrogen-bond donors (Lipinski definition) is 2. The van der Waals surface area contributed by atoms with Gasteiger partial charge in [-0.1, -0.05) is 0 Å². The third-order valence-electron chi connectivity index (χ3n) is 2.49. The van der Waals surface area contributed by atoms with Crippen LogP contribution in [0.4, 0.5) is 14.5 Å². The van der Waals surface area contributed by atoms with Gasteiger partial charge in [0.15, 0.2) is 0 Å². The lowest BCUT2D eigenvalue weighted by Crippen LogP contribution is -2.10. The molecule has 1 aromatic carbocycles. The molecule has 1 aromatic rings. The molecule has 4 N–H and O–H groups in total. The summed E-state index contributed by atoms with van der Waals surface area (Å²) in [6.45, 7) is 0. The van der Waals surface area contributed by atoms with Crippen molar-refractivity contribution in [3.63, 3.8) is 0 Å². The Morgan fingerprint density at radius 1 is 1.31 bits per heavy atom. The summed E-state index contributed by atoms with van der Waals surface area (Å²) in [7, 11) is 0. The molecular formula is C9H10F2N2. The third-order valence-corrected chi connectivity index (χ3v) is 2.49. The molecule has 0 amide bonds. The predicted octanol–water partition coefficient (Wildman–Crippen LogP) is 1.49. The standard InChI is InChI=1S/C9H10F2N2/c10-5-3-6(11)9(13)8-4(5)1-2-7(8)12/h3,7H,1-2,12-13H2/t7-/m0/s1. The lowest BCUT2D eigenvalue weighted by Gasteiger charge is -2.09. The van der Waals surface area contributed by atoms with Gasteiger partial charge in [-0.15, -0.1) is 0 Å². The predicted molar refractivity (Wildman–Crippen MR) is 46.0 cm³/mol. The highest BCUT2D eigenvalue weighted by Gasteiger charge is 2.26. The van der Waals surface area contributed by atoms with Gasteiger partial charge in [-0.3, -0.25) is 0 Å². The van der Waals surface area contributed by atoms with E-state index < -0.39 is 11.6 Å². The van der Waals surface area contributed by atoms with Crippen molar-refractivity contribution in [3.05, 3.63) is 28.8 Å². The van der Waals surface area contributed by atoms with E-state index in [0.717, 1.165) is 6.07 Å². The molecule has 0 aromatic heterocycles. The van der Waals surface area contributed by atoms with Gasteiger partial charge in [0.2, 0.25) is 0 Å². The van der Waals surface area contributed by atoms with Crippen LogP contribution in [0.1, 0.15) is 23.6 Å². The fraction of sp³-hybridized carbons (Fsp3) is 0.333. The minimum atomic E-state index is -0.714. The minimum Gasteiger partial charge on any atom is -0.396 e. The van der Waals surface area contributed by atoms with Crippen molar-refractivity contribution < 1.29 is 8.78 Å². The average Bonchev–Trinajstić information content (AvgIpc) is 2.44. The van der Waals surface area contributed by atoms with Crippen molar-refractivity contribution >= 4 is 5.69 Å².